The molecule has 0 bridgehead atoms. The van der Waals surface area contributed by atoms with Crippen LogP contribution in [0.4, 0.5) is 16.3 Å². The van der Waals surface area contributed by atoms with Crippen LogP contribution in [0.5, 0.6) is 0 Å². The zero-order chi connectivity index (χ0) is 21.1. The second-order valence-corrected chi connectivity index (χ2v) is 7.36. The molecule has 154 valence electrons. The number of aryl methyl sites for hydroxylation is 2. The van der Waals surface area contributed by atoms with E-state index in [1.807, 2.05) is 55.5 Å². The summed E-state index contributed by atoms with van der Waals surface area (Å²) in [5.41, 5.74) is 9.68. The Labute approximate surface area is 175 Å². The van der Waals surface area contributed by atoms with Crippen molar-refractivity contribution in [3.05, 3.63) is 60.4 Å². The number of amides is 2. The minimum absolute atomic E-state index is 0.102. The van der Waals surface area contributed by atoms with Crippen LogP contribution in [0.15, 0.2) is 54.6 Å². The Balaban J connectivity index is 1.40. The number of nitrogens with two attached hydrogens (primary N) is 1. The van der Waals surface area contributed by atoms with Crippen molar-refractivity contribution in [2.75, 3.05) is 24.2 Å². The minimum Gasteiger partial charge on any atom is -0.382 e. The Morgan fingerprint density at radius 2 is 1.80 bits per heavy atom. The van der Waals surface area contributed by atoms with Crippen molar-refractivity contribution < 1.29 is 4.79 Å². The third kappa shape index (κ3) is 3.78. The maximum Gasteiger partial charge on any atom is 0.321 e. The van der Waals surface area contributed by atoms with Gasteiger partial charge < -0.3 is 15.6 Å². The van der Waals surface area contributed by atoms with Gasteiger partial charge in [0.25, 0.3) is 0 Å². The van der Waals surface area contributed by atoms with Crippen molar-refractivity contribution in [1.29, 1.82) is 0 Å². The molecule has 7 heteroatoms. The van der Waals surface area contributed by atoms with E-state index >= 15 is 0 Å². The highest BCUT2D eigenvalue weighted by molar-refractivity contribution is 6.06. The summed E-state index contributed by atoms with van der Waals surface area (Å²) in [5, 5.41) is 4.04. The maximum absolute atomic E-state index is 12.3. The van der Waals surface area contributed by atoms with Crippen LogP contribution in [0.3, 0.4) is 0 Å². The summed E-state index contributed by atoms with van der Waals surface area (Å²) in [6, 6.07) is 17.5. The number of imidazole rings is 1. The Kier molecular flexibility index (Phi) is 5.52. The highest BCUT2D eigenvalue weighted by atomic mass is 16.2. The lowest BCUT2D eigenvalue weighted by Gasteiger charge is -2.18. The fourth-order valence-electron chi connectivity index (χ4n) is 3.72. The van der Waals surface area contributed by atoms with Gasteiger partial charge in [-0.15, -0.1) is 0 Å². The second kappa shape index (κ2) is 8.41. The van der Waals surface area contributed by atoms with Gasteiger partial charge in [0, 0.05) is 31.2 Å². The molecule has 0 aliphatic rings. The average molecular weight is 403 g/mol. The van der Waals surface area contributed by atoms with Crippen LogP contribution in [0, 0.1) is 6.92 Å². The first-order valence-corrected chi connectivity index (χ1v) is 10.1. The number of anilines is 2. The van der Waals surface area contributed by atoms with Crippen LogP contribution < -0.4 is 16.0 Å². The zero-order valence-electron chi connectivity index (χ0n) is 17.3. The van der Waals surface area contributed by atoms with E-state index in [1.165, 1.54) is 0 Å². The highest BCUT2D eigenvalue weighted by Crippen LogP contribution is 2.28. The van der Waals surface area contributed by atoms with E-state index < -0.39 is 0 Å². The Hall–Kier alpha value is -3.61. The van der Waals surface area contributed by atoms with E-state index in [1.54, 1.807) is 11.9 Å². The molecule has 2 aromatic carbocycles. The third-order valence-electron chi connectivity index (χ3n) is 5.33. The van der Waals surface area contributed by atoms with Gasteiger partial charge in [-0.25, -0.2) is 14.8 Å². The molecule has 4 aromatic rings. The van der Waals surface area contributed by atoms with E-state index in [0.29, 0.717) is 12.4 Å². The number of benzene rings is 2. The predicted octanol–water partition coefficient (Wildman–Crippen LogP) is 4.10. The lowest BCUT2D eigenvalue weighted by Crippen LogP contribution is -2.37. The van der Waals surface area contributed by atoms with Crippen LogP contribution in [0.2, 0.25) is 0 Å². The number of nitrogens with zero attached hydrogens (tertiary/aromatic N) is 4. The Bertz CT molecular complexity index is 1180. The van der Waals surface area contributed by atoms with Gasteiger partial charge in [0.2, 0.25) is 0 Å². The van der Waals surface area contributed by atoms with Gasteiger partial charge in [0.05, 0.1) is 11.0 Å². The predicted molar refractivity (Wildman–Crippen MR) is 122 cm³/mol. The summed E-state index contributed by atoms with van der Waals surface area (Å²) in [7, 11) is 1.77. The van der Waals surface area contributed by atoms with E-state index in [9.17, 15) is 4.79 Å². The van der Waals surface area contributed by atoms with Gasteiger partial charge in [0.1, 0.15) is 11.3 Å². The average Bonchev–Trinajstić information content (AvgIpc) is 3.10. The molecule has 2 aromatic heterocycles. The molecule has 30 heavy (non-hydrogen) atoms. The van der Waals surface area contributed by atoms with E-state index in [0.717, 1.165) is 52.8 Å². The lowest BCUT2D eigenvalue weighted by atomic mass is 10.2. The normalized spacial score (nSPS) is 11.1. The highest BCUT2D eigenvalue weighted by Gasteiger charge is 2.15. The largest absolute Gasteiger partial charge is 0.382 e. The standard InChI is InChI=1S/C23H26N6O/c1-16-26-20-21(18-12-6-7-13-19(18)27-22(20)24)29(16)15-9-8-14-25-23(30)28(2)17-10-4-3-5-11-17/h3-7,10-13H,8-9,14-15H2,1-2H3,(H2,24,27)(H,25,30). The third-order valence-corrected chi connectivity index (χ3v) is 5.33. The van der Waals surface area contributed by atoms with Crippen LogP contribution in [-0.4, -0.2) is 34.2 Å². The summed E-state index contributed by atoms with van der Waals surface area (Å²) in [6.07, 6.45) is 1.78. The molecule has 7 nitrogen and oxygen atoms in total. The van der Waals surface area contributed by atoms with Crippen molar-refractivity contribution in [3.8, 4) is 0 Å². The molecule has 0 spiro atoms. The van der Waals surface area contributed by atoms with Crippen LogP contribution in [0.1, 0.15) is 18.7 Å². The van der Waals surface area contributed by atoms with Gasteiger partial charge in [0.15, 0.2) is 5.82 Å². The number of para-hydroxylation sites is 2. The minimum atomic E-state index is -0.102. The first-order valence-electron chi connectivity index (χ1n) is 10.1. The van der Waals surface area contributed by atoms with Gasteiger partial charge in [-0.3, -0.25) is 4.90 Å². The number of carbonyl (C=O) groups excluding carboxylic acids is 1. The number of carbonyl (C=O) groups is 1. The molecule has 2 heterocycles. The topological polar surface area (TPSA) is 89.1 Å². The summed E-state index contributed by atoms with van der Waals surface area (Å²) >= 11 is 0. The number of nitrogens with one attached hydrogen (secondary N) is 1. The first-order chi connectivity index (χ1) is 14.6. The SMILES string of the molecule is Cc1nc2c(N)nc3ccccc3c2n1CCCCNC(=O)N(C)c1ccccc1. The molecule has 3 N–H and O–H groups in total. The molecule has 0 aliphatic heterocycles. The number of unbranched alkanes of at least 4 members (excludes halogenated alkanes) is 1. The molecule has 0 radical (unpaired) electrons. The number of hydrogen-bond acceptors (Lipinski definition) is 4. The van der Waals surface area contributed by atoms with Gasteiger partial charge in [-0.1, -0.05) is 36.4 Å². The van der Waals surface area contributed by atoms with Gasteiger partial charge in [-0.05, 0) is 38.0 Å². The summed E-state index contributed by atoms with van der Waals surface area (Å²) < 4.78 is 2.20. The summed E-state index contributed by atoms with van der Waals surface area (Å²) in [5.74, 6) is 1.38. The smallest absolute Gasteiger partial charge is 0.321 e. The van der Waals surface area contributed by atoms with Gasteiger partial charge in [-0.2, -0.15) is 0 Å². The molecule has 0 saturated heterocycles. The zero-order valence-corrected chi connectivity index (χ0v) is 17.3. The fourth-order valence-corrected chi connectivity index (χ4v) is 3.72. The summed E-state index contributed by atoms with van der Waals surface area (Å²) in [6.45, 7) is 3.41. The molecule has 0 aliphatic carbocycles. The molecule has 0 unspecified atom stereocenters. The van der Waals surface area contributed by atoms with Crippen molar-refractivity contribution >= 4 is 39.5 Å². The monoisotopic (exact) mass is 402 g/mol. The quantitative estimate of drug-likeness (QED) is 0.475. The van der Waals surface area contributed by atoms with Gasteiger partial charge >= 0.3 is 6.03 Å². The summed E-state index contributed by atoms with van der Waals surface area (Å²) in [4.78, 5) is 23.1. The molecular weight excluding hydrogens is 376 g/mol. The molecule has 0 fully saturated rings. The number of urea groups is 1. The Morgan fingerprint density at radius 1 is 1.07 bits per heavy atom. The van der Waals surface area contributed by atoms with E-state index in [2.05, 4.69) is 25.9 Å². The van der Waals surface area contributed by atoms with Crippen LogP contribution in [-0.2, 0) is 6.54 Å². The number of pyridine rings is 1. The molecule has 0 saturated carbocycles. The number of rotatable bonds is 6. The van der Waals surface area contributed by atoms with Crippen molar-refractivity contribution in [1.82, 2.24) is 19.9 Å². The lowest BCUT2D eigenvalue weighted by molar-refractivity contribution is 0.247. The van der Waals surface area contributed by atoms with E-state index in [-0.39, 0.29) is 6.03 Å². The van der Waals surface area contributed by atoms with Crippen molar-refractivity contribution in [2.45, 2.75) is 26.3 Å². The Morgan fingerprint density at radius 3 is 2.60 bits per heavy atom. The van der Waals surface area contributed by atoms with Crippen LogP contribution in [0.25, 0.3) is 21.9 Å². The van der Waals surface area contributed by atoms with Crippen LogP contribution >= 0.6 is 0 Å². The number of fused-ring (bicyclic) bond motifs is 3. The molecular formula is C23H26N6O. The number of aromatic nitrogens is 3. The first kappa shape index (κ1) is 19.7. The molecule has 0 atom stereocenters. The second-order valence-electron chi connectivity index (χ2n) is 7.36. The number of nitrogen functional groups attached to an aromatic ring is 1. The van der Waals surface area contributed by atoms with Crippen molar-refractivity contribution in [2.24, 2.45) is 0 Å². The number of hydrogen-bond donors (Lipinski definition) is 2. The maximum atomic E-state index is 12.3. The van der Waals surface area contributed by atoms with Crippen molar-refractivity contribution in [3.63, 3.8) is 0 Å². The fraction of sp³-hybridized carbons (Fsp3) is 0.261. The molecule has 4 rings (SSSR count). The molecule has 2 amide bonds. The van der Waals surface area contributed by atoms with E-state index in [4.69, 9.17) is 5.73 Å².